The predicted octanol–water partition coefficient (Wildman–Crippen LogP) is 5.30. The number of fused-ring (bicyclic) bond motifs is 1. The summed E-state index contributed by atoms with van der Waals surface area (Å²) in [5.41, 5.74) is 1.82. The largest absolute Gasteiger partial charge is 0.416 e. The highest BCUT2D eigenvalue weighted by molar-refractivity contribution is 6.30. The topological polar surface area (TPSA) is 67.2 Å². The minimum absolute atomic E-state index is 0.0258. The highest BCUT2D eigenvalue weighted by atomic mass is 35.5. The Bertz CT molecular complexity index is 1290. The van der Waals surface area contributed by atoms with E-state index in [-0.39, 0.29) is 18.9 Å². The first-order chi connectivity index (χ1) is 16.2. The average molecular weight is 488 g/mol. The van der Waals surface area contributed by atoms with Crippen LogP contribution in [-0.2, 0) is 30.5 Å². The highest BCUT2D eigenvalue weighted by Gasteiger charge is 2.30. The fourth-order valence-corrected chi connectivity index (χ4v) is 3.77. The van der Waals surface area contributed by atoms with Crippen molar-refractivity contribution in [3.05, 3.63) is 100 Å². The van der Waals surface area contributed by atoms with Gasteiger partial charge in [0.05, 0.1) is 35.7 Å². The van der Waals surface area contributed by atoms with E-state index in [0.717, 1.165) is 17.7 Å². The SMILES string of the molecule is O=C(Cc1nc2ccccc2n1CC(O)c1ccc(C(F)(F)F)cc1)NCc1ccc(Cl)cc1. The van der Waals surface area contributed by atoms with E-state index >= 15 is 0 Å². The standard InChI is InChI=1S/C25H21ClF3N3O2/c26-19-11-5-16(6-12-19)14-30-24(34)13-23-31-20-3-1-2-4-21(20)32(23)15-22(33)17-7-9-18(10-8-17)25(27,28)29/h1-12,22,33H,13-15H2,(H,30,34). The van der Waals surface area contributed by atoms with Crippen LogP contribution in [0.25, 0.3) is 11.0 Å². The number of nitrogens with zero attached hydrogens (tertiary/aromatic N) is 2. The van der Waals surface area contributed by atoms with Gasteiger partial charge in [-0.05, 0) is 47.5 Å². The molecule has 4 rings (SSSR count). The Morgan fingerprint density at radius 1 is 1.03 bits per heavy atom. The Morgan fingerprint density at radius 3 is 2.38 bits per heavy atom. The Balaban J connectivity index is 1.51. The van der Waals surface area contributed by atoms with E-state index in [4.69, 9.17) is 11.6 Å². The van der Waals surface area contributed by atoms with Crippen LogP contribution in [0.4, 0.5) is 13.2 Å². The number of amides is 1. The molecule has 0 aliphatic rings. The van der Waals surface area contributed by atoms with Crippen molar-refractivity contribution in [3.8, 4) is 0 Å². The molecule has 1 aromatic heterocycles. The number of hydrogen-bond acceptors (Lipinski definition) is 3. The van der Waals surface area contributed by atoms with E-state index in [1.165, 1.54) is 12.1 Å². The Morgan fingerprint density at radius 2 is 1.71 bits per heavy atom. The second kappa shape index (κ2) is 9.87. The zero-order chi connectivity index (χ0) is 24.3. The molecular weight excluding hydrogens is 467 g/mol. The summed E-state index contributed by atoms with van der Waals surface area (Å²) in [5, 5.41) is 14.2. The molecule has 0 aliphatic carbocycles. The molecule has 0 saturated carbocycles. The molecule has 4 aromatic rings. The van der Waals surface area contributed by atoms with Crippen molar-refractivity contribution >= 4 is 28.5 Å². The zero-order valence-corrected chi connectivity index (χ0v) is 18.6. The van der Waals surface area contributed by atoms with Gasteiger partial charge in [0.25, 0.3) is 0 Å². The lowest BCUT2D eigenvalue weighted by atomic mass is 10.1. The lowest BCUT2D eigenvalue weighted by Crippen LogP contribution is -2.26. The molecule has 1 atom stereocenters. The molecule has 0 spiro atoms. The van der Waals surface area contributed by atoms with Gasteiger partial charge in [0, 0.05) is 11.6 Å². The minimum atomic E-state index is -4.45. The number of carbonyl (C=O) groups excluding carboxylic acids is 1. The van der Waals surface area contributed by atoms with E-state index < -0.39 is 17.8 Å². The second-order valence-corrected chi connectivity index (χ2v) is 8.28. The Kier molecular flexibility index (Phi) is 6.90. The fraction of sp³-hybridized carbons (Fsp3) is 0.200. The maximum Gasteiger partial charge on any atom is 0.416 e. The molecule has 0 bridgehead atoms. The van der Waals surface area contributed by atoms with Gasteiger partial charge in [-0.2, -0.15) is 13.2 Å². The van der Waals surface area contributed by atoms with E-state index in [2.05, 4.69) is 10.3 Å². The molecule has 1 heterocycles. The van der Waals surface area contributed by atoms with Gasteiger partial charge >= 0.3 is 6.18 Å². The first kappa shape index (κ1) is 23.8. The molecule has 5 nitrogen and oxygen atoms in total. The van der Waals surface area contributed by atoms with Crippen LogP contribution in [0, 0.1) is 0 Å². The van der Waals surface area contributed by atoms with Crippen molar-refractivity contribution in [1.82, 2.24) is 14.9 Å². The molecule has 1 amide bonds. The number of aliphatic hydroxyl groups excluding tert-OH is 1. The number of nitrogens with one attached hydrogen (secondary N) is 1. The van der Waals surface area contributed by atoms with Crippen LogP contribution in [-0.4, -0.2) is 20.6 Å². The van der Waals surface area contributed by atoms with Gasteiger partial charge in [0.2, 0.25) is 5.91 Å². The van der Waals surface area contributed by atoms with Crippen molar-refractivity contribution in [1.29, 1.82) is 0 Å². The summed E-state index contributed by atoms with van der Waals surface area (Å²) in [4.78, 5) is 17.1. The second-order valence-electron chi connectivity index (χ2n) is 7.84. The third kappa shape index (κ3) is 5.58. The number of halogens is 4. The smallest absolute Gasteiger partial charge is 0.387 e. The predicted molar refractivity (Wildman–Crippen MR) is 123 cm³/mol. The molecule has 9 heteroatoms. The van der Waals surface area contributed by atoms with Crippen LogP contribution < -0.4 is 5.32 Å². The highest BCUT2D eigenvalue weighted by Crippen LogP contribution is 2.30. The number of hydrogen-bond donors (Lipinski definition) is 2. The normalized spacial score (nSPS) is 12.6. The Hall–Kier alpha value is -3.36. The number of alkyl halides is 3. The zero-order valence-electron chi connectivity index (χ0n) is 17.9. The molecular formula is C25H21ClF3N3O2. The van der Waals surface area contributed by atoms with E-state index in [9.17, 15) is 23.1 Å². The number of rotatable bonds is 7. The maximum atomic E-state index is 12.8. The van der Waals surface area contributed by atoms with Crippen LogP contribution >= 0.6 is 11.6 Å². The van der Waals surface area contributed by atoms with Crippen LogP contribution in [0.3, 0.4) is 0 Å². The number of benzene rings is 3. The first-order valence-electron chi connectivity index (χ1n) is 10.5. The number of para-hydroxylation sites is 2. The van der Waals surface area contributed by atoms with Gasteiger partial charge in [-0.1, -0.05) is 48.0 Å². The van der Waals surface area contributed by atoms with Crippen molar-refractivity contribution in [2.45, 2.75) is 31.8 Å². The van der Waals surface area contributed by atoms with Crippen LogP contribution in [0.5, 0.6) is 0 Å². The summed E-state index contributed by atoms with van der Waals surface area (Å²) in [6.45, 7) is 0.357. The van der Waals surface area contributed by atoms with Crippen molar-refractivity contribution < 1.29 is 23.1 Å². The van der Waals surface area contributed by atoms with Gasteiger partial charge < -0.3 is 15.0 Å². The molecule has 0 fully saturated rings. The molecule has 2 N–H and O–H groups in total. The van der Waals surface area contributed by atoms with Crippen LogP contribution in [0.1, 0.15) is 28.6 Å². The third-order valence-electron chi connectivity index (χ3n) is 5.43. The lowest BCUT2D eigenvalue weighted by molar-refractivity contribution is -0.137. The quantitative estimate of drug-likeness (QED) is 0.372. The number of aliphatic hydroxyl groups is 1. The third-order valence-corrected chi connectivity index (χ3v) is 5.69. The number of carbonyl (C=O) groups is 1. The van der Waals surface area contributed by atoms with Crippen molar-refractivity contribution in [2.75, 3.05) is 0 Å². The van der Waals surface area contributed by atoms with E-state index in [0.29, 0.717) is 34.0 Å². The summed E-state index contributed by atoms with van der Waals surface area (Å²) >= 11 is 5.88. The Labute approximate surface area is 198 Å². The molecule has 0 radical (unpaired) electrons. The molecule has 34 heavy (non-hydrogen) atoms. The fourth-order valence-electron chi connectivity index (χ4n) is 3.65. The van der Waals surface area contributed by atoms with Crippen LogP contribution in [0.2, 0.25) is 5.02 Å². The summed E-state index contributed by atoms with van der Waals surface area (Å²) in [6.07, 6.45) is -5.56. The van der Waals surface area contributed by atoms with Gasteiger partial charge in [0.15, 0.2) is 0 Å². The molecule has 176 valence electrons. The van der Waals surface area contributed by atoms with Gasteiger partial charge in [-0.25, -0.2) is 4.98 Å². The summed E-state index contributed by atoms with van der Waals surface area (Å²) < 4.78 is 40.3. The van der Waals surface area contributed by atoms with E-state index in [1.807, 2.05) is 30.3 Å². The minimum Gasteiger partial charge on any atom is -0.387 e. The number of imidazole rings is 1. The molecule has 3 aromatic carbocycles. The molecule has 0 saturated heterocycles. The van der Waals surface area contributed by atoms with E-state index in [1.54, 1.807) is 22.8 Å². The molecule has 1 unspecified atom stereocenters. The van der Waals surface area contributed by atoms with Crippen molar-refractivity contribution in [2.24, 2.45) is 0 Å². The van der Waals surface area contributed by atoms with Gasteiger partial charge in [-0.15, -0.1) is 0 Å². The van der Waals surface area contributed by atoms with Gasteiger partial charge in [0.1, 0.15) is 5.82 Å². The summed E-state index contributed by atoms with van der Waals surface area (Å²) in [6, 6.07) is 18.8. The summed E-state index contributed by atoms with van der Waals surface area (Å²) in [5.74, 6) is 0.191. The monoisotopic (exact) mass is 487 g/mol. The number of aromatic nitrogens is 2. The van der Waals surface area contributed by atoms with Crippen LogP contribution in [0.15, 0.2) is 72.8 Å². The maximum absolute atomic E-state index is 12.8. The average Bonchev–Trinajstić information content (AvgIpc) is 3.15. The lowest BCUT2D eigenvalue weighted by Gasteiger charge is -2.16. The first-order valence-corrected chi connectivity index (χ1v) is 10.9. The summed E-state index contributed by atoms with van der Waals surface area (Å²) in [7, 11) is 0. The van der Waals surface area contributed by atoms with Crippen molar-refractivity contribution in [3.63, 3.8) is 0 Å². The van der Waals surface area contributed by atoms with Gasteiger partial charge in [-0.3, -0.25) is 4.79 Å². The molecule has 0 aliphatic heterocycles.